The molecular formula is C11H15N2O3P. The van der Waals surface area contributed by atoms with Crippen LogP contribution >= 0.6 is 7.67 Å². The summed E-state index contributed by atoms with van der Waals surface area (Å²) in [7, 11) is -1.14. The van der Waals surface area contributed by atoms with Crippen LogP contribution in [0.3, 0.4) is 0 Å². The molecule has 2 fully saturated rings. The van der Waals surface area contributed by atoms with E-state index in [4.69, 9.17) is 9.26 Å². The van der Waals surface area contributed by atoms with E-state index in [0.29, 0.717) is 5.75 Å². The number of hydrogen-bond acceptors (Lipinski definition) is 3. The molecule has 0 aromatic heterocycles. The second-order valence-corrected chi connectivity index (χ2v) is 6.46. The van der Waals surface area contributed by atoms with Gasteiger partial charge in [0.25, 0.3) is 0 Å². The zero-order valence-electron chi connectivity index (χ0n) is 9.70. The fraction of sp³-hybridized carbons (Fsp3) is 0.455. The number of ether oxygens (including phenoxy) is 1. The molecule has 2 aliphatic rings. The summed E-state index contributed by atoms with van der Waals surface area (Å²) < 4.78 is 27.2. The van der Waals surface area contributed by atoms with Gasteiger partial charge >= 0.3 is 7.67 Å². The summed E-state index contributed by atoms with van der Waals surface area (Å²) in [6.45, 7) is 3.46. The summed E-state index contributed by atoms with van der Waals surface area (Å²) in [5.41, 5.74) is 0. The van der Waals surface area contributed by atoms with Crippen molar-refractivity contribution in [2.75, 3.05) is 33.3 Å². The highest BCUT2D eigenvalue weighted by Gasteiger charge is 2.50. The fourth-order valence-electron chi connectivity index (χ4n) is 1.66. The molecule has 0 amide bonds. The van der Waals surface area contributed by atoms with Crippen molar-refractivity contribution in [2.45, 2.75) is 0 Å². The second-order valence-electron chi connectivity index (χ2n) is 4.16. The first-order chi connectivity index (χ1) is 8.22. The lowest BCUT2D eigenvalue weighted by Gasteiger charge is -2.20. The van der Waals surface area contributed by atoms with E-state index in [1.807, 2.05) is 21.5 Å². The Labute approximate surface area is 100 Å². The highest BCUT2D eigenvalue weighted by atomic mass is 31.2. The van der Waals surface area contributed by atoms with E-state index in [1.54, 1.807) is 19.2 Å². The quantitative estimate of drug-likeness (QED) is 0.592. The Bertz CT molecular complexity index is 438. The maximum atomic E-state index is 12.7. The lowest BCUT2D eigenvalue weighted by Crippen LogP contribution is -2.10. The molecule has 17 heavy (non-hydrogen) atoms. The van der Waals surface area contributed by atoms with Gasteiger partial charge in [-0.3, -0.25) is 0 Å². The van der Waals surface area contributed by atoms with Gasteiger partial charge in [-0.1, -0.05) is 0 Å². The Kier molecular flexibility index (Phi) is 2.62. The monoisotopic (exact) mass is 254 g/mol. The number of hydrogen-bond donors (Lipinski definition) is 0. The van der Waals surface area contributed by atoms with Gasteiger partial charge in [0.15, 0.2) is 0 Å². The van der Waals surface area contributed by atoms with Gasteiger partial charge in [-0.15, -0.1) is 0 Å². The summed E-state index contributed by atoms with van der Waals surface area (Å²) >= 11 is 0. The van der Waals surface area contributed by atoms with E-state index >= 15 is 0 Å². The van der Waals surface area contributed by atoms with Crippen LogP contribution < -0.4 is 9.26 Å². The smallest absolute Gasteiger partial charge is 0.395 e. The molecule has 0 bridgehead atoms. The summed E-state index contributed by atoms with van der Waals surface area (Å²) in [4.78, 5) is 0. The van der Waals surface area contributed by atoms with E-state index in [0.717, 1.165) is 31.9 Å². The van der Waals surface area contributed by atoms with Gasteiger partial charge in [0, 0.05) is 26.2 Å². The first-order valence-electron chi connectivity index (χ1n) is 5.67. The molecule has 2 aliphatic heterocycles. The van der Waals surface area contributed by atoms with Gasteiger partial charge in [-0.25, -0.2) is 13.9 Å². The van der Waals surface area contributed by atoms with E-state index in [2.05, 4.69) is 0 Å². The molecule has 0 atom stereocenters. The van der Waals surface area contributed by atoms with Gasteiger partial charge < -0.3 is 9.26 Å². The molecule has 1 aromatic rings. The van der Waals surface area contributed by atoms with Gasteiger partial charge in [0.1, 0.15) is 11.5 Å². The van der Waals surface area contributed by atoms with Crippen molar-refractivity contribution in [1.82, 2.24) is 9.34 Å². The molecule has 3 rings (SSSR count). The molecule has 2 heterocycles. The van der Waals surface area contributed by atoms with Gasteiger partial charge in [0.2, 0.25) is 0 Å². The van der Waals surface area contributed by atoms with Gasteiger partial charge in [-0.05, 0) is 24.3 Å². The number of rotatable bonds is 5. The van der Waals surface area contributed by atoms with Crippen LogP contribution in [0.5, 0.6) is 11.5 Å². The van der Waals surface area contributed by atoms with E-state index in [9.17, 15) is 4.57 Å². The lowest BCUT2D eigenvalue weighted by atomic mass is 10.3. The zero-order valence-corrected chi connectivity index (χ0v) is 10.6. The third-order valence-electron chi connectivity index (χ3n) is 2.85. The predicted molar refractivity (Wildman–Crippen MR) is 64.4 cm³/mol. The molecular weight excluding hydrogens is 239 g/mol. The molecule has 0 saturated carbocycles. The average molecular weight is 254 g/mol. The Hall–Kier alpha value is -1.03. The van der Waals surface area contributed by atoms with Crippen LogP contribution in [0.15, 0.2) is 24.3 Å². The first-order valence-corrected chi connectivity index (χ1v) is 7.20. The number of benzene rings is 1. The third-order valence-corrected chi connectivity index (χ3v) is 5.52. The van der Waals surface area contributed by atoms with Gasteiger partial charge in [-0.2, -0.15) is 0 Å². The normalized spacial score (nSPS) is 20.1. The topological polar surface area (TPSA) is 41.5 Å². The number of methoxy groups -OCH3 is 1. The van der Waals surface area contributed by atoms with Crippen molar-refractivity contribution < 1.29 is 13.8 Å². The van der Waals surface area contributed by atoms with Crippen LogP contribution in [0.2, 0.25) is 0 Å². The molecule has 0 radical (unpaired) electrons. The van der Waals surface area contributed by atoms with Crippen molar-refractivity contribution >= 4 is 7.67 Å². The van der Waals surface area contributed by atoms with Crippen LogP contribution in [0, 0.1) is 0 Å². The highest BCUT2D eigenvalue weighted by Crippen LogP contribution is 2.60. The molecule has 0 spiro atoms. The van der Waals surface area contributed by atoms with E-state index < -0.39 is 7.67 Å². The minimum atomic E-state index is -2.76. The molecule has 0 unspecified atom stereocenters. The maximum Gasteiger partial charge on any atom is 0.395 e. The average Bonchev–Trinajstić information content (AvgIpc) is 3.21. The van der Waals surface area contributed by atoms with Crippen LogP contribution in [-0.4, -0.2) is 42.6 Å². The first kappa shape index (κ1) is 11.1. The SMILES string of the molecule is COc1ccc(OP(=O)(N2CC2)N2CC2)cc1. The molecule has 0 aliphatic carbocycles. The summed E-state index contributed by atoms with van der Waals surface area (Å²) in [6, 6.07) is 7.20. The third kappa shape index (κ3) is 2.18. The summed E-state index contributed by atoms with van der Waals surface area (Å²) in [5.74, 6) is 1.40. The molecule has 5 nitrogen and oxygen atoms in total. The van der Waals surface area contributed by atoms with Crippen molar-refractivity contribution in [3.05, 3.63) is 24.3 Å². The van der Waals surface area contributed by atoms with E-state index in [1.165, 1.54) is 0 Å². The minimum absolute atomic E-state index is 0.632. The Morgan fingerprint density at radius 3 is 1.88 bits per heavy atom. The van der Waals surface area contributed by atoms with Crippen molar-refractivity contribution in [1.29, 1.82) is 0 Å². The van der Waals surface area contributed by atoms with E-state index in [-0.39, 0.29) is 0 Å². The van der Waals surface area contributed by atoms with Crippen molar-refractivity contribution in [3.8, 4) is 11.5 Å². The Morgan fingerprint density at radius 2 is 1.47 bits per heavy atom. The molecule has 1 aromatic carbocycles. The Morgan fingerprint density at radius 1 is 1.00 bits per heavy atom. The molecule has 0 N–H and O–H groups in total. The standard InChI is InChI=1S/C11H15N2O3P/c1-15-10-2-4-11(5-3-10)16-17(14,12-6-7-12)13-8-9-13/h2-5H,6-9H2,1H3. The van der Waals surface area contributed by atoms with Crippen LogP contribution in [0.4, 0.5) is 0 Å². The van der Waals surface area contributed by atoms with Crippen LogP contribution in [-0.2, 0) is 4.57 Å². The lowest BCUT2D eigenvalue weighted by molar-refractivity contribution is 0.404. The zero-order chi connectivity index (χ0) is 11.9. The molecule has 92 valence electrons. The van der Waals surface area contributed by atoms with Crippen molar-refractivity contribution in [3.63, 3.8) is 0 Å². The summed E-state index contributed by atoms with van der Waals surface area (Å²) in [6.07, 6.45) is 0. The van der Waals surface area contributed by atoms with Crippen LogP contribution in [0.25, 0.3) is 0 Å². The van der Waals surface area contributed by atoms with Crippen molar-refractivity contribution in [2.24, 2.45) is 0 Å². The largest absolute Gasteiger partial charge is 0.497 e. The number of nitrogens with zero attached hydrogens (tertiary/aromatic N) is 2. The van der Waals surface area contributed by atoms with Crippen LogP contribution in [0.1, 0.15) is 0 Å². The highest BCUT2D eigenvalue weighted by molar-refractivity contribution is 7.55. The maximum absolute atomic E-state index is 12.7. The second kappa shape index (κ2) is 4.02. The molecule has 2 saturated heterocycles. The Balaban J connectivity index is 1.77. The minimum Gasteiger partial charge on any atom is -0.497 e. The summed E-state index contributed by atoms with van der Waals surface area (Å²) in [5, 5.41) is 0. The fourth-order valence-corrected chi connectivity index (χ4v) is 3.84. The van der Waals surface area contributed by atoms with Gasteiger partial charge in [0.05, 0.1) is 7.11 Å². The predicted octanol–water partition coefficient (Wildman–Crippen LogP) is 1.81. The molecule has 6 heteroatoms.